The average molecular weight is 361 g/mol. The van der Waals surface area contributed by atoms with Crippen LogP contribution in [0.25, 0.3) is 0 Å². The second-order valence-corrected chi connectivity index (χ2v) is 8.97. The van der Waals surface area contributed by atoms with E-state index in [9.17, 15) is 18.3 Å². The zero-order valence-corrected chi connectivity index (χ0v) is 14.6. The Bertz CT molecular complexity index is 947. The van der Waals surface area contributed by atoms with Crippen molar-refractivity contribution in [1.82, 2.24) is 9.78 Å². The highest BCUT2D eigenvalue weighted by Gasteiger charge is 2.37. The summed E-state index contributed by atoms with van der Waals surface area (Å²) in [6.07, 6.45) is 0.808. The zero-order valence-electron chi connectivity index (χ0n) is 13.8. The third-order valence-electron chi connectivity index (χ3n) is 4.98. The van der Waals surface area contributed by atoms with Gasteiger partial charge in [-0.05, 0) is 31.0 Å². The van der Waals surface area contributed by atoms with Gasteiger partial charge in [0.25, 0.3) is 0 Å². The number of carbonyl (C=O) groups is 1. The van der Waals surface area contributed by atoms with Gasteiger partial charge in [0.05, 0.1) is 23.2 Å². The smallest absolute Gasteiger partial charge is 0.226 e. The lowest BCUT2D eigenvalue weighted by atomic mass is 9.86. The van der Waals surface area contributed by atoms with Crippen LogP contribution < -0.4 is 5.32 Å². The molecule has 2 aliphatic heterocycles. The summed E-state index contributed by atoms with van der Waals surface area (Å²) in [5.74, 6) is 0.714. The summed E-state index contributed by atoms with van der Waals surface area (Å²) in [7, 11) is -3.05. The summed E-state index contributed by atoms with van der Waals surface area (Å²) < 4.78 is 25.3. The van der Waals surface area contributed by atoms with E-state index in [4.69, 9.17) is 0 Å². The summed E-state index contributed by atoms with van der Waals surface area (Å²) in [5.41, 5.74) is 2.64. The number of hydrogen-bond acceptors (Lipinski definition) is 5. The monoisotopic (exact) mass is 361 g/mol. The van der Waals surface area contributed by atoms with Gasteiger partial charge in [-0.15, -0.1) is 0 Å². The van der Waals surface area contributed by atoms with Crippen LogP contribution in [-0.4, -0.2) is 40.7 Å². The van der Waals surface area contributed by atoms with E-state index < -0.39 is 9.84 Å². The number of amides is 1. The minimum atomic E-state index is -3.05. The van der Waals surface area contributed by atoms with Gasteiger partial charge in [-0.2, -0.15) is 5.10 Å². The first kappa shape index (κ1) is 16.1. The minimum absolute atomic E-state index is 0.0559. The number of fused-ring (bicyclic) bond motifs is 1. The number of phenols is 1. The van der Waals surface area contributed by atoms with Crippen LogP contribution in [-0.2, 0) is 14.6 Å². The zero-order chi connectivity index (χ0) is 17.8. The van der Waals surface area contributed by atoms with Crippen LogP contribution in [0.2, 0.25) is 0 Å². The Labute approximate surface area is 145 Å². The van der Waals surface area contributed by atoms with E-state index in [1.165, 1.54) is 0 Å². The first-order chi connectivity index (χ1) is 11.8. The van der Waals surface area contributed by atoms with E-state index in [0.29, 0.717) is 18.7 Å². The molecule has 0 saturated carbocycles. The normalized spacial score (nSPS) is 24.8. The maximum Gasteiger partial charge on any atom is 0.226 e. The highest BCUT2D eigenvalue weighted by Crippen LogP contribution is 2.41. The summed E-state index contributed by atoms with van der Waals surface area (Å²) in [5, 5.41) is 16.9. The molecule has 132 valence electrons. The average Bonchev–Trinajstić information content (AvgIpc) is 3.07. The standard InChI is InChI=1S/C17H19N3O4S/c1-10-16-14(11-2-4-13(21)5-3-11)8-15(22)18-17(16)20(19-10)12-6-7-25(23,24)9-12/h2-5,12,14,21H,6-9H2,1H3,(H,18,22)/t12-,14-/m0/s1. The van der Waals surface area contributed by atoms with Crippen LogP contribution in [0, 0.1) is 6.92 Å². The van der Waals surface area contributed by atoms with Crippen molar-refractivity contribution in [2.24, 2.45) is 0 Å². The van der Waals surface area contributed by atoms with Gasteiger partial charge in [-0.3, -0.25) is 4.79 Å². The van der Waals surface area contributed by atoms with E-state index in [1.54, 1.807) is 28.9 Å². The predicted octanol–water partition coefficient (Wildman–Crippen LogP) is 1.73. The van der Waals surface area contributed by atoms with Crippen LogP contribution in [0.1, 0.15) is 41.6 Å². The number of nitrogens with zero attached hydrogens (tertiary/aromatic N) is 2. The fourth-order valence-corrected chi connectivity index (χ4v) is 5.49. The Kier molecular flexibility index (Phi) is 3.61. The van der Waals surface area contributed by atoms with Crippen molar-refractivity contribution < 1.29 is 18.3 Å². The number of carbonyl (C=O) groups excluding carboxylic acids is 1. The second kappa shape index (κ2) is 5.59. The molecule has 8 heteroatoms. The van der Waals surface area contributed by atoms with E-state index in [0.717, 1.165) is 16.8 Å². The lowest BCUT2D eigenvalue weighted by molar-refractivity contribution is -0.116. The van der Waals surface area contributed by atoms with Crippen molar-refractivity contribution >= 4 is 21.6 Å². The molecule has 1 aromatic heterocycles. The third kappa shape index (κ3) is 2.80. The number of rotatable bonds is 2. The fourth-order valence-electron chi connectivity index (χ4n) is 3.80. The number of sulfone groups is 1. The second-order valence-electron chi connectivity index (χ2n) is 6.75. The number of hydrogen-bond donors (Lipinski definition) is 2. The molecular formula is C17H19N3O4S. The largest absolute Gasteiger partial charge is 0.508 e. The molecule has 3 heterocycles. The molecule has 0 bridgehead atoms. The number of aromatic hydroxyl groups is 1. The van der Waals surface area contributed by atoms with Gasteiger partial charge in [-0.25, -0.2) is 13.1 Å². The first-order valence-electron chi connectivity index (χ1n) is 8.22. The number of benzene rings is 1. The third-order valence-corrected chi connectivity index (χ3v) is 6.73. The molecule has 1 fully saturated rings. The summed E-state index contributed by atoms with van der Waals surface area (Å²) in [6.45, 7) is 1.88. The molecule has 4 rings (SSSR count). The molecule has 0 aliphatic carbocycles. The number of anilines is 1. The molecule has 1 amide bonds. The van der Waals surface area contributed by atoms with Gasteiger partial charge in [0.2, 0.25) is 5.91 Å². The molecule has 2 aromatic rings. The number of aromatic nitrogens is 2. The molecule has 7 nitrogen and oxygen atoms in total. The Hall–Kier alpha value is -2.35. The summed E-state index contributed by atoms with van der Waals surface area (Å²) in [4.78, 5) is 12.3. The van der Waals surface area contributed by atoms with Crippen LogP contribution in [0.15, 0.2) is 24.3 Å². The SMILES string of the molecule is Cc1nn([C@H]2CCS(=O)(=O)C2)c2c1[C@H](c1ccc(O)cc1)CC(=O)N2. The van der Waals surface area contributed by atoms with Crippen LogP contribution in [0.4, 0.5) is 5.82 Å². The summed E-state index contributed by atoms with van der Waals surface area (Å²) >= 11 is 0. The quantitative estimate of drug-likeness (QED) is 0.848. The molecular weight excluding hydrogens is 342 g/mol. The molecule has 0 spiro atoms. The van der Waals surface area contributed by atoms with Gasteiger partial charge in [0, 0.05) is 17.9 Å². The van der Waals surface area contributed by atoms with Crippen LogP contribution in [0.3, 0.4) is 0 Å². The molecule has 25 heavy (non-hydrogen) atoms. The summed E-state index contributed by atoms with van der Waals surface area (Å²) in [6, 6.07) is 6.57. The predicted molar refractivity (Wildman–Crippen MR) is 92.5 cm³/mol. The van der Waals surface area contributed by atoms with E-state index in [-0.39, 0.29) is 35.1 Å². The maximum absolute atomic E-state index is 12.3. The van der Waals surface area contributed by atoms with Crippen molar-refractivity contribution in [3.8, 4) is 5.75 Å². The molecule has 1 saturated heterocycles. The highest BCUT2D eigenvalue weighted by molar-refractivity contribution is 7.91. The fraction of sp³-hybridized carbons (Fsp3) is 0.412. The van der Waals surface area contributed by atoms with Crippen LogP contribution in [0.5, 0.6) is 5.75 Å². The number of nitrogens with one attached hydrogen (secondary N) is 1. The van der Waals surface area contributed by atoms with Crippen molar-refractivity contribution in [1.29, 1.82) is 0 Å². The Balaban J connectivity index is 1.79. The van der Waals surface area contributed by atoms with Gasteiger partial charge < -0.3 is 10.4 Å². The van der Waals surface area contributed by atoms with Gasteiger partial charge in [-0.1, -0.05) is 12.1 Å². The lowest BCUT2D eigenvalue weighted by Gasteiger charge is -2.25. The van der Waals surface area contributed by atoms with E-state index in [1.807, 2.05) is 6.92 Å². The number of phenolic OH excluding ortho intramolecular Hbond substituents is 1. The van der Waals surface area contributed by atoms with Gasteiger partial charge in [0.15, 0.2) is 9.84 Å². The molecule has 1 aromatic carbocycles. The van der Waals surface area contributed by atoms with Crippen LogP contribution >= 0.6 is 0 Å². The number of aryl methyl sites for hydroxylation is 1. The minimum Gasteiger partial charge on any atom is -0.508 e. The molecule has 0 radical (unpaired) electrons. The Morgan fingerprint density at radius 1 is 1.28 bits per heavy atom. The van der Waals surface area contributed by atoms with Crippen molar-refractivity contribution in [3.63, 3.8) is 0 Å². The van der Waals surface area contributed by atoms with Crippen molar-refractivity contribution in [2.75, 3.05) is 16.8 Å². The lowest BCUT2D eigenvalue weighted by Crippen LogP contribution is -2.26. The first-order valence-corrected chi connectivity index (χ1v) is 10.0. The van der Waals surface area contributed by atoms with Gasteiger partial charge in [0.1, 0.15) is 11.6 Å². The highest BCUT2D eigenvalue weighted by atomic mass is 32.2. The van der Waals surface area contributed by atoms with Gasteiger partial charge >= 0.3 is 0 Å². The van der Waals surface area contributed by atoms with Crippen molar-refractivity contribution in [2.45, 2.75) is 31.7 Å². The maximum atomic E-state index is 12.3. The Morgan fingerprint density at radius 2 is 2.00 bits per heavy atom. The topological polar surface area (TPSA) is 101 Å². The molecule has 2 aliphatic rings. The molecule has 2 N–H and O–H groups in total. The van der Waals surface area contributed by atoms with E-state index >= 15 is 0 Å². The van der Waals surface area contributed by atoms with Crippen molar-refractivity contribution in [3.05, 3.63) is 41.1 Å². The molecule has 2 atom stereocenters. The van der Waals surface area contributed by atoms with E-state index in [2.05, 4.69) is 10.4 Å². The Morgan fingerprint density at radius 3 is 2.64 bits per heavy atom. The molecule has 0 unspecified atom stereocenters.